The van der Waals surface area contributed by atoms with E-state index in [1.165, 1.54) is 0 Å². The number of benzene rings is 2. The number of carbonyl (C=O) groups excluding carboxylic acids is 2. The first-order valence-corrected chi connectivity index (χ1v) is 11.1. The van der Waals surface area contributed by atoms with Gasteiger partial charge in [0.05, 0.1) is 6.54 Å². The lowest BCUT2D eigenvalue weighted by Crippen LogP contribution is -2.35. The quantitative estimate of drug-likeness (QED) is 0.640. The molecule has 0 aromatic heterocycles. The third kappa shape index (κ3) is 4.73. The Balaban J connectivity index is 1.26. The van der Waals surface area contributed by atoms with Crippen LogP contribution in [-0.4, -0.2) is 60.1 Å². The minimum Gasteiger partial charge on any atom is -0.481 e. The Labute approximate surface area is 195 Å². The average molecular weight is 472 g/mol. The Hall–Kier alpha value is -3.49. The van der Waals surface area contributed by atoms with Gasteiger partial charge in [0.1, 0.15) is 12.5 Å². The minimum atomic E-state index is -3.45. The number of hydrogen-bond donors (Lipinski definition) is 2. The van der Waals surface area contributed by atoms with Gasteiger partial charge < -0.3 is 20.1 Å². The highest BCUT2D eigenvalue weighted by atomic mass is 19.3. The van der Waals surface area contributed by atoms with E-state index < -0.39 is 42.9 Å². The first-order valence-electron chi connectivity index (χ1n) is 11.1. The van der Waals surface area contributed by atoms with Crippen molar-refractivity contribution in [2.75, 3.05) is 26.2 Å². The molecule has 1 saturated heterocycles. The number of rotatable bonds is 7. The third-order valence-electron chi connectivity index (χ3n) is 6.43. The maximum atomic E-state index is 13.8. The number of aliphatic carboxylic acids is 1. The molecule has 1 fully saturated rings. The van der Waals surface area contributed by atoms with E-state index >= 15 is 0 Å². The van der Waals surface area contributed by atoms with Crippen molar-refractivity contribution in [3.05, 3.63) is 59.7 Å². The highest BCUT2D eigenvalue weighted by Crippen LogP contribution is 2.44. The van der Waals surface area contributed by atoms with Crippen LogP contribution < -0.4 is 5.32 Å². The Morgan fingerprint density at radius 1 is 1.12 bits per heavy atom. The molecule has 2 N–H and O–H groups in total. The van der Waals surface area contributed by atoms with Crippen LogP contribution in [0, 0.1) is 11.8 Å². The highest BCUT2D eigenvalue weighted by Gasteiger charge is 2.53. The van der Waals surface area contributed by atoms with E-state index in [4.69, 9.17) is 9.84 Å². The zero-order chi connectivity index (χ0) is 24.5. The van der Waals surface area contributed by atoms with Crippen molar-refractivity contribution in [1.82, 2.24) is 10.2 Å². The highest BCUT2D eigenvalue weighted by molar-refractivity contribution is 5.80. The SMILES string of the molecule is CC(CNC(=O)OCC1c2ccccc2-c2ccccc21)CC(=O)N1CC(C(=O)O)C(F)(F)C1. The molecule has 1 heterocycles. The lowest BCUT2D eigenvalue weighted by molar-refractivity contribution is -0.151. The normalized spacial score (nSPS) is 19.3. The van der Waals surface area contributed by atoms with Gasteiger partial charge in [-0.05, 0) is 28.2 Å². The standard InChI is InChI=1S/C25H26F2N2O5/c1-15(10-22(30)29-12-21(23(31)32)25(26,27)14-29)11-28-24(33)34-13-20-18-8-4-2-6-16(18)17-7-3-5-9-19(17)20/h2-9,15,20-21H,10-14H2,1H3,(H,28,33)(H,31,32). The summed E-state index contributed by atoms with van der Waals surface area (Å²) in [5.41, 5.74) is 4.43. The number of likely N-dealkylation sites (tertiary alicyclic amines) is 1. The van der Waals surface area contributed by atoms with Gasteiger partial charge in [-0.2, -0.15) is 0 Å². The summed E-state index contributed by atoms with van der Waals surface area (Å²) < 4.78 is 33.1. The molecule has 2 amide bonds. The van der Waals surface area contributed by atoms with Crippen LogP contribution in [0.4, 0.5) is 13.6 Å². The summed E-state index contributed by atoms with van der Waals surface area (Å²) in [6.45, 7) is 0.551. The van der Waals surface area contributed by atoms with E-state index in [0.29, 0.717) is 0 Å². The second-order valence-electron chi connectivity index (χ2n) is 8.94. The molecular weight excluding hydrogens is 446 g/mol. The van der Waals surface area contributed by atoms with Crippen molar-refractivity contribution < 1.29 is 33.0 Å². The number of ether oxygens (including phenoxy) is 1. The van der Waals surface area contributed by atoms with Crippen molar-refractivity contribution in [2.24, 2.45) is 11.8 Å². The van der Waals surface area contributed by atoms with Gasteiger partial charge in [0.2, 0.25) is 5.91 Å². The molecule has 2 aromatic carbocycles. The number of alkyl carbamates (subject to hydrolysis) is 1. The molecular formula is C25H26F2N2O5. The van der Waals surface area contributed by atoms with E-state index in [9.17, 15) is 23.2 Å². The molecule has 2 unspecified atom stereocenters. The molecule has 1 aliphatic heterocycles. The second-order valence-corrected chi connectivity index (χ2v) is 8.94. The van der Waals surface area contributed by atoms with Gasteiger partial charge in [0.25, 0.3) is 5.92 Å². The van der Waals surface area contributed by atoms with Gasteiger partial charge in [-0.1, -0.05) is 55.5 Å². The average Bonchev–Trinajstić information content (AvgIpc) is 3.30. The van der Waals surface area contributed by atoms with E-state index in [-0.39, 0.29) is 31.4 Å². The molecule has 9 heteroatoms. The number of carboxylic acids is 1. The summed E-state index contributed by atoms with van der Waals surface area (Å²) in [6, 6.07) is 16.0. The summed E-state index contributed by atoms with van der Waals surface area (Å²) in [7, 11) is 0. The largest absolute Gasteiger partial charge is 0.481 e. The zero-order valence-electron chi connectivity index (χ0n) is 18.7. The lowest BCUT2D eigenvalue weighted by atomic mass is 9.98. The molecule has 4 rings (SSSR count). The fraction of sp³-hybridized carbons (Fsp3) is 0.400. The molecule has 34 heavy (non-hydrogen) atoms. The van der Waals surface area contributed by atoms with E-state index in [1.807, 2.05) is 48.5 Å². The Morgan fingerprint density at radius 3 is 2.26 bits per heavy atom. The summed E-state index contributed by atoms with van der Waals surface area (Å²) >= 11 is 0. The predicted molar refractivity (Wildman–Crippen MR) is 120 cm³/mol. The Kier molecular flexibility index (Phi) is 6.54. The molecule has 2 atom stereocenters. The van der Waals surface area contributed by atoms with Crippen molar-refractivity contribution in [3.8, 4) is 11.1 Å². The van der Waals surface area contributed by atoms with Gasteiger partial charge in [0, 0.05) is 25.4 Å². The maximum Gasteiger partial charge on any atom is 0.407 e. The van der Waals surface area contributed by atoms with E-state index in [0.717, 1.165) is 27.2 Å². The van der Waals surface area contributed by atoms with Gasteiger partial charge in [-0.15, -0.1) is 0 Å². The van der Waals surface area contributed by atoms with Crippen molar-refractivity contribution in [1.29, 1.82) is 0 Å². The lowest BCUT2D eigenvalue weighted by Gasteiger charge is -2.19. The van der Waals surface area contributed by atoms with Crippen LogP contribution in [0.15, 0.2) is 48.5 Å². The summed E-state index contributed by atoms with van der Waals surface area (Å²) in [5.74, 6) is -7.95. The maximum absolute atomic E-state index is 13.8. The smallest absolute Gasteiger partial charge is 0.407 e. The van der Waals surface area contributed by atoms with Crippen LogP contribution in [0.5, 0.6) is 0 Å². The first kappa shape index (κ1) is 23.7. The zero-order valence-corrected chi connectivity index (χ0v) is 18.7. The number of fused-ring (bicyclic) bond motifs is 3. The molecule has 2 aromatic rings. The summed E-state index contributed by atoms with van der Waals surface area (Å²) in [5, 5.41) is 11.6. The minimum absolute atomic E-state index is 0.0730. The molecule has 1 aliphatic carbocycles. The van der Waals surface area contributed by atoms with E-state index in [1.54, 1.807) is 6.92 Å². The fourth-order valence-corrected chi connectivity index (χ4v) is 4.64. The van der Waals surface area contributed by atoms with E-state index in [2.05, 4.69) is 5.32 Å². The topological polar surface area (TPSA) is 95.9 Å². The van der Waals surface area contributed by atoms with Crippen molar-refractivity contribution >= 4 is 18.0 Å². The second kappa shape index (κ2) is 9.40. The number of nitrogens with zero attached hydrogens (tertiary/aromatic N) is 1. The third-order valence-corrected chi connectivity index (χ3v) is 6.43. The molecule has 0 radical (unpaired) electrons. The number of hydrogen-bond acceptors (Lipinski definition) is 4. The number of alkyl halides is 2. The summed E-state index contributed by atoms with van der Waals surface area (Å²) in [4.78, 5) is 36.5. The van der Waals surface area contributed by atoms with Crippen LogP contribution in [0.1, 0.15) is 30.4 Å². The molecule has 0 bridgehead atoms. The van der Waals surface area contributed by atoms with Gasteiger partial charge >= 0.3 is 12.1 Å². The fourth-order valence-electron chi connectivity index (χ4n) is 4.64. The molecule has 7 nitrogen and oxygen atoms in total. The molecule has 0 spiro atoms. The monoisotopic (exact) mass is 472 g/mol. The van der Waals surface area contributed by atoms with Crippen molar-refractivity contribution in [2.45, 2.75) is 25.2 Å². The van der Waals surface area contributed by atoms with Crippen LogP contribution in [0.3, 0.4) is 0 Å². The number of amides is 2. The van der Waals surface area contributed by atoms with Crippen LogP contribution in [0.25, 0.3) is 11.1 Å². The number of nitrogens with one attached hydrogen (secondary N) is 1. The van der Waals surface area contributed by atoms with Gasteiger partial charge in [0.15, 0.2) is 0 Å². The van der Waals surface area contributed by atoms with Gasteiger partial charge in [-0.25, -0.2) is 13.6 Å². The Morgan fingerprint density at radius 2 is 1.71 bits per heavy atom. The predicted octanol–water partition coefficient (Wildman–Crippen LogP) is 3.73. The number of carbonyl (C=O) groups is 3. The first-order chi connectivity index (χ1) is 16.2. The molecule has 2 aliphatic rings. The number of carboxylic acid groups (broad SMARTS) is 1. The van der Waals surface area contributed by atoms with Crippen LogP contribution in [0.2, 0.25) is 0 Å². The summed E-state index contributed by atoms with van der Waals surface area (Å²) in [6.07, 6.45) is -0.716. The van der Waals surface area contributed by atoms with Gasteiger partial charge in [-0.3, -0.25) is 9.59 Å². The number of halogens is 2. The Bertz CT molecular complexity index is 1060. The van der Waals surface area contributed by atoms with Crippen molar-refractivity contribution in [3.63, 3.8) is 0 Å². The van der Waals surface area contributed by atoms with Crippen LogP contribution in [-0.2, 0) is 14.3 Å². The van der Waals surface area contributed by atoms with Crippen LogP contribution >= 0.6 is 0 Å². The molecule has 180 valence electrons. The molecule has 0 saturated carbocycles.